The van der Waals surface area contributed by atoms with Crippen molar-refractivity contribution < 1.29 is 9.85 Å². The maximum atomic E-state index is 10.5. The molecule has 0 aliphatic rings. The van der Waals surface area contributed by atoms with Gasteiger partial charge in [0, 0.05) is 24.3 Å². The van der Waals surface area contributed by atoms with E-state index >= 15 is 0 Å². The van der Waals surface area contributed by atoms with Gasteiger partial charge in [-0.15, -0.1) is 0 Å². The van der Waals surface area contributed by atoms with Gasteiger partial charge in [0.05, 0.1) is 9.85 Å². The van der Waals surface area contributed by atoms with Crippen molar-refractivity contribution in [1.29, 1.82) is 0 Å². The van der Waals surface area contributed by atoms with Crippen LogP contribution >= 0.6 is 0 Å². The third-order valence-corrected chi connectivity index (χ3v) is 3.12. The molecule has 120 valence electrons. The second kappa shape index (κ2) is 8.19. The summed E-state index contributed by atoms with van der Waals surface area (Å²) in [6, 6.07) is 12.5. The topological polar surface area (TPSA) is 86.3 Å². The van der Waals surface area contributed by atoms with Crippen molar-refractivity contribution in [3.63, 3.8) is 0 Å². The fourth-order valence-electron chi connectivity index (χ4n) is 1.88. The van der Waals surface area contributed by atoms with E-state index in [1.807, 2.05) is 36.5 Å². The maximum absolute atomic E-state index is 10.5. The van der Waals surface area contributed by atoms with E-state index in [0.29, 0.717) is 0 Å². The van der Waals surface area contributed by atoms with Crippen molar-refractivity contribution in [2.24, 2.45) is 0 Å². The molecule has 0 atom stereocenters. The number of nitrogens with zero attached hydrogens (tertiary/aromatic N) is 2. The Hall–Kier alpha value is -3.54. The van der Waals surface area contributed by atoms with E-state index in [0.717, 1.165) is 11.1 Å². The van der Waals surface area contributed by atoms with Crippen LogP contribution < -0.4 is 0 Å². The van der Waals surface area contributed by atoms with Crippen LogP contribution in [0, 0.1) is 20.2 Å². The van der Waals surface area contributed by atoms with Crippen molar-refractivity contribution in [2.45, 2.75) is 0 Å². The maximum Gasteiger partial charge on any atom is 0.269 e. The third-order valence-electron chi connectivity index (χ3n) is 3.12. The van der Waals surface area contributed by atoms with Crippen LogP contribution in [0.2, 0.25) is 0 Å². The molecule has 0 unspecified atom stereocenters. The Morgan fingerprint density at radius 1 is 0.583 bits per heavy atom. The van der Waals surface area contributed by atoms with E-state index in [-0.39, 0.29) is 11.4 Å². The minimum Gasteiger partial charge on any atom is -0.258 e. The molecule has 0 radical (unpaired) electrons. The van der Waals surface area contributed by atoms with Crippen LogP contribution in [0.15, 0.2) is 72.8 Å². The fourth-order valence-corrected chi connectivity index (χ4v) is 1.88. The molecule has 2 aromatic rings. The molecule has 0 heterocycles. The van der Waals surface area contributed by atoms with Gasteiger partial charge in [-0.05, 0) is 35.4 Å². The van der Waals surface area contributed by atoms with Crippen LogP contribution in [0.5, 0.6) is 0 Å². The predicted molar refractivity (Wildman–Crippen MR) is 93.4 cm³/mol. The Labute approximate surface area is 138 Å². The lowest BCUT2D eigenvalue weighted by Crippen LogP contribution is -1.86. The van der Waals surface area contributed by atoms with Gasteiger partial charge in [-0.2, -0.15) is 0 Å². The second-order valence-corrected chi connectivity index (χ2v) is 4.80. The van der Waals surface area contributed by atoms with E-state index in [9.17, 15) is 20.2 Å². The van der Waals surface area contributed by atoms with Crippen molar-refractivity contribution in [1.82, 2.24) is 0 Å². The highest BCUT2D eigenvalue weighted by atomic mass is 16.6. The standard InChI is InChI=1S/C18H14N2O4/c21-19(22)17-11-7-15(8-12-17)5-3-1-2-4-6-16-9-13-18(14-10-16)20(23)24/h1-14H/b2-1-,5-3+,6-4+. The summed E-state index contributed by atoms with van der Waals surface area (Å²) in [6.45, 7) is 0. The highest BCUT2D eigenvalue weighted by molar-refractivity contribution is 5.55. The molecule has 0 amide bonds. The first-order valence-corrected chi connectivity index (χ1v) is 7.06. The van der Waals surface area contributed by atoms with E-state index in [2.05, 4.69) is 0 Å². The van der Waals surface area contributed by atoms with E-state index in [1.54, 1.807) is 24.3 Å². The quantitative estimate of drug-likeness (QED) is 0.435. The molecule has 0 aromatic heterocycles. The molecule has 0 N–H and O–H groups in total. The Kier molecular flexibility index (Phi) is 5.74. The lowest BCUT2D eigenvalue weighted by atomic mass is 10.2. The Bertz CT molecular complexity index is 734. The summed E-state index contributed by atoms with van der Waals surface area (Å²) in [5.74, 6) is 0. The number of hydrogen-bond acceptors (Lipinski definition) is 4. The Morgan fingerprint density at radius 3 is 1.21 bits per heavy atom. The molecular weight excluding hydrogens is 308 g/mol. The molecule has 0 spiro atoms. The molecule has 2 aromatic carbocycles. The zero-order valence-electron chi connectivity index (χ0n) is 12.6. The first kappa shape index (κ1) is 16.8. The zero-order valence-corrected chi connectivity index (χ0v) is 12.6. The number of benzene rings is 2. The van der Waals surface area contributed by atoms with Gasteiger partial charge in [-0.25, -0.2) is 0 Å². The molecule has 0 fully saturated rings. The lowest BCUT2D eigenvalue weighted by Gasteiger charge is -1.93. The predicted octanol–water partition coefficient (Wildman–Crippen LogP) is 4.79. The number of nitro benzene ring substituents is 2. The average Bonchev–Trinajstić information content (AvgIpc) is 2.58. The van der Waals surface area contributed by atoms with Gasteiger partial charge >= 0.3 is 0 Å². The van der Waals surface area contributed by atoms with Gasteiger partial charge in [-0.3, -0.25) is 20.2 Å². The van der Waals surface area contributed by atoms with E-state index in [4.69, 9.17) is 0 Å². The highest BCUT2D eigenvalue weighted by Gasteiger charge is 2.02. The zero-order chi connectivity index (χ0) is 17.4. The number of non-ortho nitro benzene ring substituents is 2. The molecule has 2 rings (SSSR count). The minimum atomic E-state index is -0.434. The van der Waals surface area contributed by atoms with Crippen LogP contribution in [0.4, 0.5) is 11.4 Å². The molecule has 6 heteroatoms. The first-order valence-electron chi connectivity index (χ1n) is 7.06. The van der Waals surface area contributed by atoms with Crippen LogP contribution in [0.3, 0.4) is 0 Å². The van der Waals surface area contributed by atoms with Crippen molar-refractivity contribution in [2.75, 3.05) is 0 Å². The molecule has 0 aliphatic heterocycles. The summed E-state index contributed by atoms with van der Waals surface area (Å²) in [6.07, 6.45) is 11.0. The molecular formula is C18H14N2O4. The van der Waals surface area contributed by atoms with E-state index in [1.165, 1.54) is 24.3 Å². The van der Waals surface area contributed by atoms with Gasteiger partial charge in [-0.1, -0.05) is 36.5 Å². The van der Waals surface area contributed by atoms with Gasteiger partial charge < -0.3 is 0 Å². The summed E-state index contributed by atoms with van der Waals surface area (Å²) in [5, 5.41) is 21.1. The van der Waals surface area contributed by atoms with Crippen LogP contribution in [-0.2, 0) is 0 Å². The summed E-state index contributed by atoms with van der Waals surface area (Å²) in [5.41, 5.74) is 1.86. The summed E-state index contributed by atoms with van der Waals surface area (Å²) in [4.78, 5) is 20.2. The number of allylic oxidation sites excluding steroid dienone is 4. The minimum absolute atomic E-state index is 0.0636. The van der Waals surface area contributed by atoms with Gasteiger partial charge in [0.2, 0.25) is 0 Å². The molecule has 24 heavy (non-hydrogen) atoms. The highest BCUT2D eigenvalue weighted by Crippen LogP contribution is 2.14. The first-order chi connectivity index (χ1) is 11.6. The largest absolute Gasteiger partial charge is 0.269 e. The molecule has 0 saturated carbocycles. The SMILES string of the molecule is O=[N+]([O-])c1ccc(/C=C/C=C\C=C\c2ccc([N+](=O)[O-])cc2)cc1. The molecule has 0 saturated heterocycles. The number of hydrogen-bond donors (Lipinski definition) is 0. The fraction of sp³-hybridized carbons (Fsp3) is 0. The van der Waals surface area contributed by atoms with Crippen LogP contribution in [-0.4, -0.2) is 9.85 Å². The third kappa shape index (κ3) is 5.03. The average molecular weight is 322 g/mol. The molecule has 0 aliphatic carbocycles. The molecule has 0 bridgehead atoms. The van der Waals surface area contributed by atoms with Crippen LogP contribution in [0.25, 0.3) is 12.2 Å². The monoisotopic (exact) mass is 322 g/mol. The molecule has 6 nitrogen and oxygen atoms in total. The van der Waals surface area contributed by atoms with E-state index < -0.39 is 9.85 Å². The van der Waals surface area contributed by atoms with Crippen LogP contribution in [0.1, 0.15) is 11.1 Å². The summed E-state index contributed by atoms with van der Waals surface area (Å²) < 4.78 is 0. The van der Waals surface area contributed by atoms with Crippen molar-refractivity contribution in [3.05, 3.63) is 104 Å². The van der Waals surface area contributed by atoms with Gasteiger partial charge in [0.1, 0.15) is 0 Å². The normalized spacial score (nSPS) is 11.5. The number of nitro groups is 2. The Morgan fingerprint density at radius 2 is 0.917 bits per heavy atom. The lowest BCUT2D eigenvalue weighted by molar-refractivity contribution is -0.385. The number of rotatable bonds is 6. The summed E-state index contributed by atoms with van der Waals surface area (Å²) in [7, 11) is 0. The van der Waals surface area contributed by atoms with Crippen molar-refractivity contribution in [3.8, 4) is 0 Å². The van der Waals surface area contributed by atoms with Gasteiger partial charge in [0.25, 0.3) is 11.4 Å². The Balaban J connectivity index is 1.89. The smallest absolute Gasteiger partial charge is 0.258 e. The second-order valence-electron chi connectivity index (χ2n) is 4.80. The van der Waals surface area contributed by atoms with Gasteiger partial charge in [0.15, 0.2) is 0 Å². The van der Waals surface area contributed by atoms with Crippen molar-refractivity contribution >= 4 is 23.5 Å². The summed E-state index contributed by atoms with van der Waals surface area (Å²) >= 11 is 0.